The number of para-hydroxylation sites is 1. The van der Waals surface area contributed by atoms with Gasteiger partial charge < -0.3 is 10.6 Å². The van der Waals surface area contributed by atoms with E-state index in [9.17, 15) is 4.79 Å². The fraction of sp³-hybridized carbons (Fsp3) is 0.316. The molecular weight excluding hydrogens is 272 g/mol. The summed E-state index contributed by atoms with van der Waals surface area (Å²) in [5.74, 6) is 0. The smallest absolute Gasteiger partial charge is 0.308 e. The van der Waals surface area contributed by atoms with Crippen LogP contribution >= 0.6 is 0 Å². The largest absolute Gasteiger partial charge is 0.323 e. The highest BCUT2D eigenvalue weighted by Crippen LogP contribution is 2.13. The summed E-state index contributed by atoms with van der Waals surface area (Å²) >= 11 is 0. The van der Waals surface area contributed by atoms with Crippen LogP contribution in [0.3, 0.4) is 0 Å². The summed E-state index contributed by atoms with van der Waals surface area (Å²) in [7, 11) is 0. The third kappa shape index (κ3) is 5.60. The van der Waals surface area contributed by atoms with Gasteiger partial charge in [-0.1, -0.05) is 56.5 Å². The molecule has 0 aromatic heterocycles. The van der Waals surface area contributed by atoms with Crippen LogP contribution in [0.25, 0.3) is 0 Å². The number of rotatable bonds is 7. The highest BCUT2D eigenvalue weighted by atomic mass is 16.2. The van der Waals surface area contributed by atoms with Gasteiger partial charge in [0.15, 0.2) is 0 Å². The van der Waals surface area contributed by atoms with Gasteiger partial charge in [-0.3, -0.25) is 0 Å². The van der Waals surface area contributed by atoms with Gasteiger partial charge in [0, 0.05) is 11.4 Å². The standard InChI is InChI=1S/C19H24N2O/c1-2-3-4-6-9-16-12-14-18(15-13-16)21-19(22)20-17-10-7-5-8-11-17/h5,7-8,10-15H,2-4,6,9H2,1H3,(H2,20,21,22). The first-order valence-electron chi connectivity index (χ1n) is 8.00. The van der Waals surface area contributed by atoms with E-state index in [4.69, 9.17) is 0 Å². The third-order valence-electron chi connectivity index (χ3n) is 3.56. The average molecular weight is 296 g/mol. The molecule has 0 fully saturated rings. The summed E-state index contributed by atoms with van der Waals surface area (Å²) in [6.07, 6.45) is 6.19. The van der Waals surface area contributed by atoms with Gasteiger partial charge in [-0.2, -0.15) is 0 Å². The van der Waals surface area contributed by atoms with Gasteiger partial charge in [-0.05, 0) is 42.7 Å². The number of hydrogen-bond acceptors (Lipinski definition) is 1. The number of carbonyl (C=O) groups excluding carboxylic acids is 1. The lowest BCUT2D eigenvalue weighted by molar-refractivity contribution is 0.262. The Balaban J connectivity index is 1.79. The van der Waals surface area contributed by atoms with Crippen molar-refractivity contribution in [3.05, 3.63) is 60.2 Å². The number of hydrogen-bond donors (Lipinski definition) is 2. The molecule has 2 N–H and O–H groups in total. The van der Waals surface area contributed by atoms with E-state index in [0.717, 1.165) is 17.8 Å². The Bertz CT molecular complexity index is 564. The maximum Gasteiger partial charge on any atom is 0.323 e. The van der Waals surface area contributed by atoms with Crippen LogP contribution < -0.4 is 10.6 Å². The molecule has 3 heteroatoms. The number of aryl methyl sites for hydroxylation is 1. The molecule has 0 spiro atoms. The summed E-state index contributed by atoms with van der Waals surface area (Å²) in [5.41, 5.74) is 2.92. The highest BCUT2D eigenvalue weighted by Gasteiger charge is 2.02. The molecule has 3 nitrogen and oxygen atoms in total. The molecule has 0 atom stereocenters. The van der Waals surface area contributed by atoms with Crippen molar-refractivity contribution in [1.29, 1.82) is 0 Å². The number of nitrogens with one attached hydrogen (secondary N) is 2. The molecule has 0 aliphatic rings. The van der Waals surface area contributed by atoms with E-state index < -0.39 is 0 Å². The van der Waals surface area contributed by atoms with Gasteiger partial charge >= 0.3 is 6.03 Å². The van der Waals surface area contributed by atoms with Crippen molar-refractivity contribution in [2.75, 3.05) is 10.6 Å². The van der Waals surface area contributed by atoms with E-state index in [2.05, 4.69) is 29.7 Å². The molecule has 116 valence electrons. The Kier molecular flexibility index (Phi) is 6.49. The van der Waals surface area contributed by atoms with Crippen molar-refractivity contribution in [3.63, 3.8) is 0 Å². The molecule has 0 radical (unpaired) electrons. The molecule has 0 unspecified atom stereocenters. The van der Waals surface area contributed by atoms with Crippen molar-refractivity contribution in [2.24, 2.45) is 0 Å². The first-order chi connectivity index (χ1) is 10.8. The fourth-order valence-corrected chi connectivity index (χ4v) is 2.33. The summed E-state index contributed by atoms with van der Waals surface area (Å²) in [4.78, 5) is 11.9. The van der Waals surface area contributed by atoms with Gasteiger partial charge in [0.05, 0.1) is 0 Å². The van der Waals surface area contributed by atoms with Crippen LogP contribution in [0.15, 0.2) is 54.6 Å². The first kappa shape index (κ1) is 16.1. The van der Waals surface area contributed by atoms with Gasteiger partial charge in [0.25, 0.3) is 0 Å². The van der Waals surface area contributed by atoms with E-state index in [-0.39, 0.29) is 6.03 Å². The molecule has 2 amide bonds. The minimum atomic E-state index is -0.220. The normalized spacial score (nSPS) is 10.2. The lowest BCUT2D eigenvalue weighted by Gasteiger charge is -2.08. The molecule has 0 aliphatic carbocycles. The second-order valence-corrected chi connectivity index (χ2v) is 5.45. The van der Waals surface area contributed by atoms with Crippen molar-refractivity contribution in [2.45, 2.75) is 39.0 Å². The van der Waals surface area contributed by atoms with Crippen LogP contribution in [0, 0.1) is 0 Å². The molecule has 2 aromatic rings. The minimum absolute atomic E-state index is 0.220. The summed E-state index contributed by atoms with van der Waals surface area (Å²) < 4.78 is 0. The molecule has 0 saturated carbocycles. The number of unbranched alkanes of at least 4 members (excludes halogenated alkanes) is 3. The Morgan fingerprint density at radius 3 is 2.09 bits per heavy atom. The van der Waals surface area contributed by atoms with Crippen LogP contribution in [-0.4, -0.2) is 6.03 Å². The van der Waals surface area contributed by atoms with Crippen molar-refractivity contribution in [1.82, 2.24) is 0 Å². The molecule has 0 heterocycles. The molecule has 0 aliphatic heterocycles. The SMILES string of the molecule is CCCCCCc1ccc(NC(=O)Nc2ccccc2)cc1. The number of urea groups is 1. The summed E-state index contributed by atoms with van der Waals surface area (Å²) in [6.45, 7) is 2.22. The van der Waals surface area contributed by atoms with E-state index in [0.29, 0.717) is 0 Å². The molecule has 2 rings (SSSR count). The Morgan fingerprint density at radius 1 is 0.818 bits per heavy atom. The van der Waals surface area contributed by atoms with Crippen LogP contribution in [0.2, 0.25) is 0 Å². The van der Waals surface area contributed by atoms with Gasteiger partial charge in [-0.15, -0.1) is 0 Å². The number of benzene rings is 2. The maximum atomic E-state index is 11.9. The zero-order chi connectivity index (χ0) is 15.6. The maximum absolute atomic E-state index is 11.9. The van der Waals surface area contributed by atoms with Crippen LogP contribution in [0.4, 0.5) is 16.2 Å². The summed E-state index contributed by atoms with van der Waals surface area (Å²) in [5, 5.41) is 5.65. The van der Waals surface area contributed by atoms with Gasteiger partial charge in [-0.25, -0.2) is 4.79 Å². The summed E-state index contributed by atoms with van der Waals surface area (Å²) in [6, 6.07) is 17.3. The number of amides is 2. The van der Waals surface area contributed by atoms with Crippen LogP contribution in [-0.2, 0) is 6.42 Å². The Hall–Kier alpha value is -2.29. The first-order valence-corrected chi connectivity index (χ1v) is 8.00. The van der Waals surface area contributed by atoms with E-state index in [1.807, 2.05) is 42.5 Å². The van der Waals surface area contributed by atoms with E-state index in [1.165, 1.54) is 31.2 Å². The Labute approximate surface area is 132 Å². The second kappa shape index (κ2) is 8.88. The molecular formula is C19H24N2O. The average Bonchev–Trinajstić information content (AvgIpc) is 2.54. The lowest BCUT2D eigenvalue weighted by atomic mass is 10.1. The second-order valence-electron chi connectivity index (χ2n) is 5.45. The molecule has 2 aromatic carbocycles. The zero-order valence-electron chi connectivity index (χ0n) is 13.1. The minimum Gasteiger partial charge on any atom is -0.308 e. The number of anilines is 2. The van der Waals surface area contributed by atoms with E-state index >= 15 is 0 Å². The van der Waals surface area contributed by atoms with Crippen LogP contribution in [0.5, 0.6) is 0 Å². The lowest BCUT2D eigenvalue weighted by Crippen LogP contribution is -2.19. The highest BCUT2D eigenvalue weighted by molar-refractivity contribution is 5.99. The third-order valence-corrected chi connectivity index (χ3v) is 3.56. The van der Waals surface area contributed by atoms with Gasteiger partial charge in [0.1, 0.15) is 0 Å². The predicted molar refractivity (Wildman–Crippen MR) is 93.4 cm³/mol. The van der Waals surface area contributed by atoms with Gasteiger partial charge in [0.2, 0.25) is 0 Å². The van der Waals surface area contributed by atoms with Crippen molar-refractivity contribution in [3.8, 4) is 0 Å². The predicted octanol–water partition coefficient (Wildman–Crippen LogP) is 5.45. The monoisotopic (exact) mass is 296 g/mol. The quantitative estimate of drug-likeness (QED) is 0.655. The molecule has 0 bridgehead atoms. The molecule has 22 heavy (non-hydrogen) atoms. The number of carbonyl (C=O) groups is 1. The van der Waals surface area contributed by atoms with Crippen LogP contribution in [0.1, 0.15) is 38.2 Å². The Morgan fingerprint density at radius 2 is 1.45 bits per heavy atom. The zero-order valence-corrected chi connectivity index (χ0v) is 13.1. The fourth-order valence-electron chi connectivity index (χ4n) is 2.33. The van der Waals surface area contributed by atoms with Crippen molar-refractivity contribution >= 4 is 17.4 Å². The topological polar surface area (TPSA) is 41.1 Å². The molecule has 0 saturated heterocycles. The van der Waals surface area contributed by atoms with Crippen molar-refractivity contribution < 1.29 is 4.79 Å². The van der Waals surface area contributed by atoms with E-state index in [1.54, 1.807) is 0 Å².